The molecule has 0 bridgehead atoms. The maximum atomic E-state index is 12.1. The fraction of sp³-hybridized carbons (Fsp3) is 0.611. The van der Waals surface area contributed by atoms with Crippen molar-refractivity contribution < 1.29 is 14.6 Å². The third kappa shape index (κ3) is 2.60. The van der Waals surface area contributed by atoms with E-state index < -0.39 is 5.60 Å². The summed E-state index contributed by atoms with van der Waals surface area (Å²) in [5, 5.41) is 11.1. The summed E-state index contributed by atoms with van der Waals surface area (Å²) in [4.78, 5) is 14.0. The first-order valence-corrected chi connectivity index (χ1v) is 8.19. The molecule has 0 aromatic heterocycles. The number of ether oxygens (including phenoxy) is 1. The van der Waals surface area contributed by atoms with Crippen molar-refractivity contribution in [2.75, 3.05) is 13.7 Å². The number of rotatable bonds is 2. The standard InChI is InChI=1S/C18H25NO3/c1-13(20)19-12-11-18(21)10-4-3-5-16(18)17(19)14-6-8-15(22-2)9-7-14/h6-9,16-17,21H,3-5,10-12H2,1-2H3/t16?,17-,18?/m0/s1. The SMILES string of the molecule is COc1ccc([C@H]2C3CCCCC3(O)CCN2C(C)=O)cc1. The highest BCUT2D eigenvalue weighted by Gasteiger charge is 2.49. The van der Waals surface area contributed by atoms with Crippen LogP contribution in [0.5, 0.6) is 5.75 Å². The monoisotopic (exact) mass is 303 g/mol. The first-order valence-electron chi connectivity index (χ1n) is 8.19. The number of hydrogen-bond acceptors (Lipinski definition) is 3. The van der Waals surface area contributed by atoms with Crippen molar-refractivity contribution in [3.8, 4) is 5.75 Å². The van der Waals surface area contributed by atoms with Crippen molar-refractivity contribution in [3.63, 3.8) is 0 Å². The predicted molar refractivity (Wildman–Crippen MR) is 84.6 cm³/mol. The van der Waals surface area contributed by atoms with Crippen LogP contribution in [0.1, 0.15) is 50.6 Å². The van der Waals surface area contributed by atoms with Crippen LogP contribution in [-0.4, -0.2) is 35.2 Å². The van der Waals surface area contributed by atoms with Gasteiger partial charge >= 0.3 is 0 Å². The van der Waals surface area contributed by atoms with Gasteiger partial charge in [0.15, 0.2) is 0 Å². The van der Waals surface area contributed by atoms with E-state index in [1.807, 2.05) is 29.2 Å². The quantitative estimate of drug-likeness (QED) is 0.914. The molecule has 1 amide bonds. The molecule has 2 unspecified atom stereocenters. The molecule has 1 heterocycles. The maximum absolute atomic E-state index is 12.1. The molecular weight excluding hydrogens is 278 g/mol. The Bertz CT molecular complexity index is 542. The highest BCUT2D eigenvalue weighted by molar-refractivity contribution is 5.74. The number of likely N-dealkylation sites (tertiary alicyclic amines) is 1. The van der Waals surface area contributed by atoms with E-state index in [4.69, 9.17) is 4.74 Å². The van der Waals surface area contributed by atoms with Gasteiger partial charge in [0.05, 0.1) is 18.8 Å². The second-order valence-electron chi connectivity index (χ2n) is 6.64. The molecule has 1 aromatic carbocycles. The predicted octanol–water partition coefficient (Wildman–Crippen LogP) is 2.91. The van der Waals surface area contributed by atoms with Gasteiger partial charge in [-0.3, -0.25) is 4.79 Å². The summed E-state index contributed by atoms with van der Waals surface area (Å²) in [6, 6.07) is 7.90. The minimum absolute atomic E-state index is 0.0255. The van der Waals surface area contributed by atoms with Crippen molar-refractivity contribution in [1.82, 2.24) is 4.90 Å². The number of hydrogen-bond donors (Lipinski definition) is 1. The van der Waals surface area contributed by atoms with Gasteiger partial charge in [0.1, 0.15) is 5.75 Å². The molecule has 1 aromatic rings. The molecule has 4 heteroatoms. The van der Waals surface area contributed by atoms with Crippen molar-refractivity contribution in [1.29, 1.82) is 0 Å². The number of methoxy groups -OCH3 is 1. The zero-order valence-electron chi connectivity index (χ0n) is 13.4. The zero-order valence-corrected chi connectivity index (χ0v) is 13.4. The Labute approximate surface area is 132 Å². The van der Waals surface area contributed by atoms with Gasteiger partial charge in [-0.25, -0.2) is 0 Å². The van der Waals surface area contributed by atoms with E-state index in [0.717, 1.165) is 37.0 Å². The van der Waals surface area contributed by atoms with Gasteiger partial charge in [0, 0.05) is 19.4 Å². The molecule has 3 atom stereocenters. The summed E-state index contributed by atoms with van der Waals surface area (Å²) >= 11 is 0. The van der Waals surface area contributed by atoms with E-state index in [-0.39, 0.29) is 17.9 Å². The molecule has 1 aliphatic heterocycles. The number of amides is 1. The Morgan fingerprint density at radius 2 is 2.00 bits per heavy atom. The van der Waals surface area contributed by atoms with Crippen LogP contribution in [0.3, 0.4) is 0 Å². The lowest BCUT2D eigenvalue weighted by molar-refractivity contribution is -0.153. The first kappa shape index (κ1) is 15.3. The lowest BCUT2D eigenvalue weighted by Crippen LogP contribution is -2.55. The van der Waals surface area contributed by atoms with E-state index >= 15 is 0 Å². The van der Waals surface area contributed by atoms with Gasteiger partial charge in [-0.05, 0) is 37.0 Å². The highest BCUT2D eigenvalue weighted by Crippen LogP contribution is 2.49. The van der Waals surface area contributed by atoms with Crippen molar-refractivity contribution in [2.24, 2.45) is 5.92 Å². The minimum Gasteiger partial charge on any atom is -0.497 e. The third-order valence-corrected chi connectivity index (χ3v) is 5.43. The van der Waals surface area contributed by atoms with E-state index in [2.05, 4.69) is 0 Å². The number of carbonyl (C=O) groups is 1. The van der Waals surface area contributed by atoms with Crippen LogP contribution < -0.4 is 4.74 Å². The second-order valence-corrected chi connectivity index (χ2v) is 6.64. The Morgan fingerprint density at radius 3 is 2.64 bits per heavy atom. The summed E-state index contributed by atoms with van der Waals surface area (Å²) in [6.45, 7) is 2.27. The van der Waals surface area contributed by atoms with Crippen LogP contribution in [0.15, 0.2) is 24.3 Å². The summed E-state index contributed by atoms with van der Waals surface area (Å²) in [6.07, 6.45) is 4.75. The zero-order chi connectivity index (χ0) is 15.7. The molecule has 4 nitrogen and oxygen atoms in total. The van der Waals surface area contributed by atoms with Crippen LogP contribution in [0.2, 0.25) is 0 Å². The average Bonchev–Trinajstić information content (AvgIpc) is 2.53. The molecule has 2 fully saturated rings. The molecule has 2 aliphatic rings. The number of aliphatic hydroxyl groups is 1. The summed E-state index contributed by atoms with van der Waals surface area (Å²) < 4.78 is 5.23. The van der Waals surface area contributed by atoms with Crippen LogP contribution >= 0.6 is 0 Å². The Morgan fingerprint density at radius 1 is 1.27 bits per heavy atom. The maximum Gasteiger partial charge on any atom is 0.219 e. The average molecular weight is 303 g/mol. The summed E-state index contributed by atoms with van der Waals surface area (Å²) in [7, 11) is 1.65. The van der Waals surface area contributed by atoms with E-state index in [9.17, 15) is 9.90 Å². The Balaban J connectivity index is 1.98. The smallest absolute Gasteiger partial charge is 0.219 e. The van der Waals surface area contributed by atoms with Crippen LogP contribution in [0.25, 0.3) is 0 Å². The Kier molecular flexibility index (Phi) is 4.13. The fourth-order valence-corrected chi connectivity index (χ4v) is 4.25. The van der Waals surface area contributed by atoms with E-state index in [1.54, 1.807) is 14.0 Å². The molecule has 22 heavy (non-hydrogen) atoms. The number of carbonyl (C=O) groups excluding carboxylic acids is 1. The third-order valence-electron chi connectivity index (χ3n) is 5.43. The lowest BCUT2D eigenvalue weighted by atomic mass is 9.66. The summed E-state index contributed by atoms with van der Waals surface area (Å²) in [5.74, 6) is 1.04. The topological polar surface area (TPSA) is 49.8 Å². The summed E-state index contributed by atoms with van der Waals surface area (Å²) in [5.41, 5.74) is 0.482. The number of fused-ring (bicyclic) bond motifs is 1. The van der Waals surface area contributed by atoms with E-state index in [0.29, 0.717) is 13.0 Å². The van der Waals surface area contributed by atoms with Gasteiger partial charge in [0.25, 0.3) is 0 Å². The van der Waals surface area contributed by atoms with Crippen molar-refractivity contribution in [3.05, 3.63) is 29.8 Å². The normalized spacial score (nSPS) is 31.5. The van der Waals surface area contributed by atoms with Crippen LogP contribution in [0.4, 0.5) is 0 Å². The van der Waals surface area contributed by atoms with E-state index in [1.165, 1.54) is 0 Å². The molecule has 1 saturated carbocycles. The Hall–Kier alpha value is -1.55. The lowest BCUT2D eigenvalue weighted by Gasteiger charge is -2.52. The molecular formula is C18H25NO3. The largest absolute Gasteiger partial charge is 0.497 e. The molecule has 0 spiro atoms. The minimum atomic E-state index is -0.616. The van der Waals surface area contributed by atoms with Gasteiger partial charge < -0.3 is 14.7 Å². The van der Waals surface area contributed by atoms with Crippen LogP contribution in [0, 0.1) is 5.92 Å². The molecule has 120 valence electrons. The van der Waals surface area contributed by atoms with Gasteiger partial charge in [-0.2, -0.15) is 0 Å². The molecule has 1 N–H and O–H groups in total. The van der Waals surface area contributed by atoms with Crippen molar-refractivity contribution in [2.45, 2.75) is 50.7 Å². The molecule has 0 radical (unpaired) electrons. The number of nitrogens with zero attached hydrogens (tertiary/aromatic N) is 1. The van der Waals surface area contributed by atoms with Crippen molar-refractivity contribution >= 4 is 5.91 Å². The molecule has 3 rings (SSSR count). The van der Waals surface area contributed by atoms with Gasteiger partial charge in [-0.15, -0.1) is 0 Å². The fourth-order valence-electron chi connectivity index (χ4n) is 4.25. The second kappa shape index (κ2) is 5.92. The highest BCUT2D eigenvalue weighted by atomic mass is 16.5. The van der Waals surface area contributed by atoms with Gasteiger partial charge in [-0.1, -0.05) is 25.0 Å². The number of piperidine rings is 1. The molecule has 1 saturated heterocycles. The van der Waals surface area contributed by atoms with Gasteiger partial charge in [0.2, 0.25) is 5.91 Å². The molecule has 1 aliphatic carbocycles. The number of benzene rings is 1. The first-order chi connectivity index (χ1) is 10.5. The van der Waals surface area contributed by atoms with Crippen LogP contribution in [-0.2, 0) is 4.79 Å².